The van der Waals surface area contributed by atoms with Crippen molar-refractivity contribution >= 4 is 17.4 Å². The fourth-order valence-corrected chi connectivity index (χ4v) is 1.35. The zero-order chi connectivity index (χ0) is 13.0. The second-order valence-corrected chi connectivity index (χ2v) is 3.44. The molecule has 2 rings (SSSR count). The summed E-state index contributed by atoms with van der Waals surface area (Å²) in [5.41, 5.74) is 6.31. The fourth-order valence-electron chi connectivity index (χ4n) is 1.35. The summed E-state index contributed by atoms with van der Waals surface area (Å²) in [4.78, 5) is 18.6. The first-order valence-electron chi connectivity index (χ1n) is 5.09. The van der Waals surface area contributed by atoms with E-state index in [-0.39, 0.29) is 5.82 Å². The van der Waals surface area contributed by atoms with Crippen molar-refractivity contribution in [2.75, 3.05) is 5.32 Å². The summed E-state index contributed by atoms with van der Waals surface area (Å²) in [7, 11) is 0. The average molecular weight is 239 g/mol. The molecule has 0 aliphatic carbocycles. The van der Waals surface area contributed by atoms with Gasteiger partial charge in [0.15, 0.2) is 0 Å². The van der Waals surface area contributed by atoms with Crippen molar-refractivity contribution < 1.29 is 4.79 Å². The maximum absolute atomic E-state index is 10.9. The van der Waals surface area contributed by atoms with E-state index in [2.05, 4.69) is 15.3 Å². The van der Waals surface area contributed by atoms with Gasteiger partial charge in [-0.2, -0.15) is 5.26 Å². The highest BCUT2D eigenvalue weighted by atomic mass is 16.1. The Labute approximate surface area is 103 Å². The van der Waals surface area contributed by atoms with Crippen molar-refractivity contribution in [2.24, 2.45) is 5.73 Å². The number of rotatable bonds is 3. The van der Waals surface area contributed by atoms with E-state index in [1.165, 1.54) is 6.20 Å². The minimum atomic E-state index is -0.477. The van der Waals surface area contributed by atoms with Crippen molar-refractivity contribution in [1.29, 1.82) is 5.26 Å². The number of nitrogens with two attached hydrogens (primary N) is 1. The van der Waals surface area contributed by atoms with Gasteiger partial charge >= 0.3 is 0 Å². The summed E-state index contributed by atoms with van der Waals surface area (Å²) in [6.45, 7) is 0. The molecular formula is C12H9N5O. The number of nitrogens with one attached hydrogen (secondary N) is 1. The number of hydrogen-bond acceptors (Lipinski definition) is 5. The normalized spacial score (nSPS) is 9.50. The van der Waals surface area contributed by atoms with E-state index in [9.17, 15) is 4.79 Å². The summed E-state index contributed by atoms with van der Waals surface area (Å²) in [6.07, 6.45) is 1.49. The molecule has 1 amide bonds. The molecule has 18 heavy (non-hydrogen) atoms. The zero-order valence-electron chi connectivity index (χ0n) is 9.29. The second-order valence-electron chi connectivity index (χ2n) is 3.44. The standard InChI is InChI=1S/C12H9N5O/c13-7-11-15-6-5-10(17-11)16-9-3-1-8(2-4-9)12(14)18/h1-6H,(H2,14,18)(H,15,16,17). The van der Waals surface area contributed by atoms with E-state index in [1.54, 1.807) is 30.3 Å². The van der Waals surface area contributed by atoms with E-state index in [0.29, 0.717) is 11.4 Å². The molecule has 0 unspecified atom stereocenters. The quantitative estimate of drug-likeness (QED) is 0.837. The molecule has 1 heterocycles. The lowest BCUT2D eigenvalue weighted by Gasteiger charge is -2.05. The van der Waals surface area contributed by atoms with Gasteiger partial charge in [0.05, 0.1) is 0 Å². The van der Waals surface area contributed by atoms with Crippen molar-refractivity contribution in [1.82, 2.24) is 9.97 Å². The van der Waals surface area contributed by atoms with Gasteiger partial charge in [-0.15, -0.1) is 0 Å². The number of amides is 1. The number of primary amides is 1. The predicted molar refractivity (Wildman–Crippen MR) is 65.0 cm³/mol. The number of carbonyl (C=O) groups is 1. The third kappa shape index (κ3) is 2.59. The van der Waals surface area contributed by atoms with Crippen LogP contribution in [0.1, 0.15) is 16.2 Å². The summed E-state index contributed by atoms with van der Waals surface area (Å²) < 4.78 is 0. The number of benzene rings is 1. The van der Waals surface area contributed by atoms with Crippen LogP contribution in [0.4, 0.5) is 11.5 Å². The predicted octanol–water partition coefficient (Wildman–Crippen LogP) is 1.19. The van der Waals surface area contributed by atoms with Crippen LogP contribution < -0.4 is 11.1 Å². The number of aromatic nitrogens is 2. The van der Waals surface area contributed by atoms with E-state index < -0.39 is 5.91 Å². The van der Waals surface area contributed by atoms with Gasteiger partial charge in [0.1, 0.15) is 11.9 Å². The van der Waals surface area contributed by atoms with Crippen molar-refractivity contribution in [3.8, 4) is 6.07 Å². The second kappa shape index (κ2) is 4.93. The molecular weight excluding hydrogens is 230 g/mol. The molecule has 0 spiro atoms. The molecule has 0 aliphatic rings. The highest BCUT2D eigenvalue weighted by Crippen LogP contribution is 2.14. The smallest absolute Gasteiger partial charge is 0.248 e. The molecule has 1 aromatic carbocycles. The van der Waals surface area contributed by atoms with Gasteiger partial charge in [-0.05, 0) is 30.3 Å². The van der Waals surface area contributed by atoms with Crippen LogP contribution >= 0.6 is 0 Å². The highest BCUT2D eigenvalue weighted by molar-refractivity contribution is 5.93. The van der Waals surface area contributed by atoms with Crippen LogP contribution in [0.3, 0.4) is 0 Å². The van der Waals surface area contributed by atoms with E-state index in [1.807, 2.05) is 6.07 Å². The van der Waals surface area contributed by atoms with E-state index >= 15 is 0 Å². The molecule has 6 nitrogen and oxygen atoms in total. The molecule has 0 saturated heterocycles. The first-order chi connectivity index (χ1) is 8.69. The number of hydrogen-bond donors (Lipinski definition) is 2. The highest BCUT2D eigenvalue weighted by Gasteiger charge is 2.01. The Balaban J connectivity index is 2.18. The number of nitrogens with zero attached hydrogens (tertiary/aromatic N) is 3. The number of anilines is 2. The molecule has 0 atom stereocenters. The molecule has 0 saturated carbocycles. The van der Waals surface area contributed by atoms with Crippen LogP contribution in [0.5, 0.6) is 0 Å². The van der Waals surface area contributed by atoms with Gasteiger partial charge in [0.2, 0.25) is 11.7 Å². The lowest BCUT2D eigenvalue weighted by Crippen LogP contribution is -2.10. The number of nitriles is 1. The Morgan fingerprint density at radius 1 is 1.28 bits per heavy atom. The Morgan fingerprint density at radius 2 is 2.00 bits per heavy atom. The summed E-state index contributed by atoms with van der Waals surface area (Å²) >= 11 is 0. The van der Waals surface area contributed by atoms with Gasteiger partial charge < -0.3 is 11.1 Å². The molecule has 1 aromatic heterocycles. The van der Waals surface area contributed by atoms with Crippen LogP contribution in [0.25, 0.3) is 0 Å². The third-order valence-electron chi connectivity index (χ3n) is 2.20. The van der Waals surface area contributed by atoms with Crippen LogP contribution in [-0.2, 0) is 0 Å². The van der Waals surface area contributed by atoms with Crippen LogP contribution in [0, 0.1) is 11.3 Å². The molecule has 0 radical (unpaired) electrons. The Bertz CT molecular complexity index is 615. The largest absolute Gasteiger partial charge is 0.366 e. The third-order valence-corrected chi connectivity index (χ3v) is 2.20. The summed E-state index contributed by atoms with van der Waals surface area (Å²) in [6, 6.07) is 10.1. The van der Waals surface area contributed by atoms with Gasteiger partial charge in [0, 0.05) is 17.4 Å². The summed E-state index contributed by atoms with van der Waals surface area (Å²) in [5.74, 6) is 0.123. The van der Waals surface area contributed by atoms with Crippen molar-refractivity contribution in [3.63, 3.8) is 0 Å². The molecule has 0 fully saturated rings. The first-order valence-corrected chi connectivity index (χ1v) is 5.09. The molecule has 3 N–H and O–H groups in total. The van der Waals surface area contributed by atoms with Gasteiger partial charge in [0.25, 0.3) is 0 Å². The van der Waals surface area contributed by atoms with Crippen LogP contribution in [-0.4, -0.2) is 15.9 Å². The van der Waals surface area contributed by atoms with Crippen LogP contribution in [0.2, 0.25) is 0 Å². The minimum Gasteiger partial charge on any atom is -0.366 e. The van der Waals surface area contributed by atoms with Gasteiger partial charge in [-0.25, -0.2) is 9.97 Å². The molecule has 0 bridgehead atoms. The Hall–Kier alpha value is -2.94. The molecule has 2 aromatic rings. The maximum Gasteiger partial charge on any atom is 0.248 e. The topological polar surface area (TPSA) is 105 Å². The van der Waals surface area contributed by atoms with E-state index in [4.69, 9.17) is 11.0 Å². The Morgan fingerprint density at radius 3 is 2.61 bits per heavy atom. The maximum atomic E-state index is 10.9. The lowest BCUT2D eigenvalue weighted by molar-refractivity contribution is 0.100. The SMILES string of the molecule is N#Cc1nccc(Nc2ccc(C(N)=O)cc2)n1. The van der Waals surface area contributed by atoms with Gasteiger partial charge in [-0.1, -0.05) is 0 Å². The van der Waals surface area contributed by atoms with Crippen molar-refractivity contribution in [2.45, 2.75) is 0 Å². The molecule has 0 aliphatic heterocycles. The van der Waals surface area contributed by atoms with Crippen LogP contribution in [0.15, 0.2) is 36.5 Å². The first kappa shape index (κ1) is 11.5. The Kier molecular flexibility index (Phi) is 3.16. The lowest BCUT2D eigenvalue weighted by atomic mass is 10.2. The van der Waals surface area contributed by atoms with Crippen molar-refractivity contribution in [3.05, 3.63) is 47.9 Å². The summed E-state index contributed by atoms with van der Waals surface area (Å²) in [5, 5.41) is 11.7. The zero-order valence-corrected chi connectivity index (χ0v) is 9.29. The minimum absolute atomic E-state index is 0.0914. The molecule has 6 heteroatoms. The van der Waals surface area contributed by atoms with Gasteiger partial charge in [-0.3, -0.25) is 4.79 Å². The fraction of sp³-hybridized carbons (Fsp3) is 0. The average Bonchev–Trinajstić information content (AvgIpc) is 2.39. The molecule has 88 valence electrons. The number of carbonyl (C=O) groups excluding carboxylic acids is 1. The van der Waals surface area contributed by atoms with E-state index in [0.717, 1.165) is 5.69 Å². The monoisotopic (exact) mass is 239 g/mol.